The zero-order valence-electron chi connectivity index (χ0n) is 11.3. The number of aliphatic hydroxyl groups is 1. The van der Waals surface area contributed by atoms with Crippen molar-refractivity contribution in [3.8, 4) is 11.5 Å². The van der Waals surface area contributed by atoms with E-state index < -0.39 is 0 Å². The predicted octanol–water partition coefficient (Wildman–Crippen LogP) is 4.43. The van der Waals surface area contributed by atoms with Crippen molar-refractivity contribution in [1.29, 1.82) is 0 Å². The Morgan fingerprint density at radius 3 is 2.50 bits per heavy atom. The fourth-order valence-electron chi connectivity index (χ4n) is 2.29. The third-order valence-corrected chi connectivity index (χ3v) is 3.34. The van der Waals surface area contributed by atoms with Crippen LogP contribution in [0.3, 0.4) is 0 Å². The first-order chi connectivity index (χ1) is 9.76. The molecule has 1 N–H and O–H groups in total. The zero-order valence-corrected chi connectivity index (χ0v) is 11.3. The smallest absolute Gasteiger partial charge is 0.132 e. The van der Waals surface area contributed by atoms with Crippen LogP contribution in [0.15, 0.2) is 60.7 Å². The highest BCUT2D eigenvalue weighted by Gasteiger charge is 2.05. The van der Waals surface area contributed by atoms with Crippen LogP contribution in [0.5, 0.6) is 11.5 Å². The van der Waals surface area contributed by atoms with Gasteiger partial charge in [0.2, 0.25) is 0 Å². The Morgan fingerprint density at radius 1 is 0.900 bits per heavy atom. The molecule has 3 rings (SSSR count). The summed E-state index contributed by atoms with van der Waals surface area (Å²) < 4.78 is 5.90. The standard InChI is InChI=1S/C18H16O2/c1-13-6-9-18(16(10-13)12-19)20-17-8-7-14-4-2-3-5-15(14)11-17/h2-11,19H,12H2,1H3. The lowest BCUT2D eigenvalue weighted by Gasteiger charge is -2.11. The molecule has 0 heterocycles. The van der Waals surface area contributed by atoms with Crippen LogP contribution in [0.4, 0.5) is 0 Å². The monoisotopic (exact) mass is 264 g/mol. The SMILES string of the molecule is Cc1ccc(Oc2ccc3ccccc3c2)c(CO)c1. The van der Waals surface area contributed by atoms with Gasteiger partial charge in [-0.3, -0.25) is 0 Å². The van der Waals surface area contributed by atoms with Gasteiger partial charge in [0, 0.05) is 5.56 Å². The fraction of sp³-hybridized carbons (Fsp3) is 0.111. The van der Waals surface area contributed by atoms with Gasteiger partial charge in [0.05, 0.1) is 6.61 Å². The van der Waals surface area contributed by atoms with Gasteiger partial charge in [-0.05, 0) is 35.9 Å². The molecule has 0 aliphatic heterocycles. The van der Waals surface area contributed by atoms with E-state index in [0.717, 1.165) is 22.3 Å². The van der Waals surface area contributed by atoms with Crippen LogP contribution < -0.4 is 4.74 Å². The third kappa shape index (κ3) is 2.51. The van der Waals surface area contributed by atoms with Gasteiger partial charge in [-0.15, -0.1) is 0 Å². The minimum atomic E-state index is -0.0232. The summed E-state index contributed by atoms with van der Waals surface area (Å²) in [6.45, 7) is 1.98. The number of benzene rings is 3. The molecule has 0 bridgehead atoms. The van der Waals surface area contributed by atoms with Gasteiger partial charge >= 0.3 is 0 Å². The molecule has 0 aromatic heterocycles. The van der Waals surface area contributed by atoms with E-state index in [1.54, 1.807) is 0 Å². The minimum absolute atomic E-state index is 0.0232. The van der Waals surface area contributed by atoms with Gasteiger partial charge in [0.25, 0.3) is 0 Å². The van der Waals surface area contributed by atoms with Crippen LogP contribution in [0, 0.1) is 6.92 Å². The maximum atomic E-state index is 9.41. The highest BCUT2D eigenvalue weighted by Crippen LogP contribution is 2.28. The Hall–Kier alpha value is -2.32. The summed E-state index contributed by atoms with van der Waals surface area (Å²) in [6, 6.07) is 20.0. The third-order valence-electron chi connectivity index (χ3n) is 3.34. The van der Waals surface area contributed by atoms with Crippen molar-refractivity contribution in [2.24, 2.45) is 0 Å². The Kier molecular flexibility index (Phi) is 3.40. The number of hydrogen-bond acceptors (Lipinski definition) is 2. The van der Waals surface area contributed by atoms with E-state index in [9.17, 15) is 5.11 Å². The Morgan fingerprint density at radius 2 is 1.70 bits per heavy atom. The average molecular weight is 264 g/mol. The summed E-state index contributed by atoms with van der Waals surface area (Å²) in [5.74, 6) is 1.48. The summed E-state index contributed by atoms with van der Waals surface area (Å²) in [5.41, 5.74) is 1.91. The van der Waals surface area contributed by atoms with Crippen molar-refractivity contribution in [2.75, 3.05) is 0 Å². The Labute approximate surface area is 118 Å². The number of ether oxygens (including phenoxy) is 1. The normalized spacial score (nSPS) is 10.7. The lowest BCUT2D eigenvalue weighted by Crippen LogP contribution is -1.92. The number of fused-ring (bicyclic) bond motifs is 1. The number of rotatable bonds is 3. The van der Waals surface area contributed by atoms with Gasteiger partial charge < -0.3 is 9.84 Å². The van der Waals surface area contributed by atoms with Gasteiger partial charge in [0.1, 0.15) is 11.5 Å². The maximum absolute atomic E-state index is 9.41. The molecule has 100 valence electrons. The Bertz CT molecular complexity index is 747. The molecule has 3 aromatic carbocycles. The minimum Gasteiger partial charge on any atom is -0.457 e. The van der Waals surface area contributed by atoms with Crippen molar-refractivity contribution in [1.82, 2.24) is 0 Å². The number of aliphatic hydroxyl groups excluding tert-OH is 1. The molecule has 2 heteroatoms. The van der Waals surface area contributed by atoms with Crippen LogP contribution in [0.2, 0.25) is 0 Å². The van der Waals surface area contributed by atoms with E-state index in [1.807, 2.05) is 55.5 Å². The molecular formula is C18H16O2. The van der Waals surface area contributed by atoms with E-state index >= 15 is 0 Å². The number of hydrogen-bond donors (Lipinski definition) is 1. The molecule has 0 spiro atoms. The molecule has 0 saturated carbocycles. The predicted molar refractivity (Wildman–Crippen MR) is 81.1 cm³/mol. The second-order valence-corrected chi connectivity index (χ2v) is 4.88. The lowest BCUT2D eigenvalue weighted by molar-refractivity contribution is 0.276. The second kappa shape index (κ2) is 5.35. The van der Waals surface area contributed by atoms with Crippen molar-refractivity contribution in [2.45, 2.75) is 13.5 Å². The van der Waals surface area contributed by atoms with Crippen molar-refractivity contribution in [3.05, 3.63) is 71.8 Å². The summed E-state index contributed by atoms with van der Waals surface area (Å²) in [7, 11) is 0. The van der Waals surface area contributed by atoms with Crippen LogP contribution in [-0.2, 0) is 6.61 Å². The zero-order chi connectivity index (χ0) is 13.9. The van der Waals surface area contributed by atoms with Crippen LogP contribution in [0.25, 0.3) is 10.8 Å². The highest BCUT2D eigenvalue weighted by molar-refractivity contribution is 5.83. The van der Waals surface area contributed by atoms with E-state index in [2.05, 4.69) is 12.1 Å². The first kappa shape index (κ1) is 12.7. The van der Waals surface area contributed by atoms with Crippen molar-refractivity contribution < 1.29 is 9.84 Å². The Balaban J connectivity index is 1.96. The van der Waals surface area contributed by atoms with Crippen LogP contribution >= 0.6 is 0 Å². The number of aryl methyl sites for hydroxylation is 1. The maximum Gasteiger partial charge on any atom is 0.132 e. The van der Waals surface area contributed by atoms with Gasteiger partial charge in [-0.25, -0.2) is 0 Å². The van der Waals surface area contributed by atoms with Crippen LogP contribution in [-0.4, -0.2) is 5.11 Å². The highest BCUT2D eigenvalue weighted by atomic mass is 16.5. The van der Waals surface area contributed by atoms with Gasteiger partial charge in [-0.2, -0.15) is 0 Å². The van der Waals surface area contributed by atoms with Crippen molar-refractivity contribution in [3.63, 3.8) is 0 Å². The van der Waals surface area contributed by atoms with Crippen LogP contribution in [0.1, 0.15) is 11.1 Å². The molecule has 0 aliphatic carbocycles. The van der Waals surface area contributed by atoms with Gasteiger partial charge in [-0.1, -0.05) is 48.0 Å². The molecule has 2 nitrogen and oxygen atoms in total. The molecule has 0 fully saturated rings. The average Bonchev–Trinajstić information content (AvgIpc) is 2.49. The van der Waals surface area contributed by atoms with E-state index in [0.29, 0.717) is 5.75 Å². The summed E-state index contributed by atoms with van der Waals surface area (Å²) in [6.07, 6.45) is 0. The molecule has 20 heavy (non-hydrogen) atoms. The van der Waals surface area contributed by atoms with Gasteiger partial charge in [0.15, 0.2) is 0 Å². The molecular weight excluding hydrogens is 248 g/mol. The summed E-state index contributed by atoms with van der Waals surface area (Å²) in [4.78, 5) is 0. The first-order valence-corrected chi connectivity index (χ1v) is 6.63. The van der Waals surface area contributed by atoms with E-state index in [-0.39, 0.29) is 6.61 Å². The first-order valence-electron chi connectivity index (χ1n) is 6.63. The fourth-order valence-corrected chi connectivity index (χ4v) is 2.29. The van der Waals surface area contributed by atoms with E-state index in [1.165, 1.54) is 5.39 Å². The van der Waals surface area contributed by atoms with E-state index in [4.69, 9.17) is 4.74 Å². The topological polar surface area (TPSA) is 29.5 Å². The summed E-state index contributed by atoms with van der Waals surface area (Å²) >= 11 is 0. The molecule has 0 aliphatic rings. The summed E-state index contributed by atoms with van der Waals surface area (Å²) in [5, 5.41) is 11.7. The molecule has 0 amide bonds. The molecule has 0 unspecified atom stereocenters. The molecule has 0 atom stereocenters. The largest absolute Gasteiger partial charge is 0.457 e. The molecule has 0 saturated heterocycles. The second-order valence-electron chi connectivity index (χ2n) is 4.88. The van der Waals surface area contributed by atoms with Crippen molar-refractivity contribution >= 4 is 10.8 Å². The molecule has 3 aromatic rings. The molecule has 0 radical (unpaired) electrons. The lowest BCUT2D eigenvalue weighted by atomic mass is 10.1. The quantitative estimate of drug-likeness (QED) is 0.758.